The van der Waals surface area contributed by atoms with Crippen LogP contribution in [0.5, 0.6) is 5.75 Å². The molecule has 1 atom stereocenters. The fourth-order valence-corrected chi connectivity index (χ4v) is 3.58. The molecule has 0 fully saturated rings. The number of nitrogens with one attached hydrogen (secondary N) is 1. The molecule has 1 unspecified atom stereocenters. The van der Waals surface area contributed by atoms with E-state index < -0.39 is 0 Å². The highest BCUT2D eigenvalue weighted by molar-refractivity contribution is 7.12. The molecule has 2 rings (SSSR count). The zero-order chi connectivity index (χ0) is 14.7. The third kappa shape index (κ3) is 2.74. The summed E-state index contributed by atoms with van der Waals surface area (Å²) < 4.78 is 5.66. The monoisotopic (exact) mass is 289 g/mol. The van der Waals surface area contributed by atoms with Crippen LogP contribution in [0.3, 0.4) is 0 Å². The maximum atomic E-state index is 5.66. The lowest BCUT2D eigenvalue weighted by Crippen LogP contribution is -2.17. The highest BCUT2D eigenvalue weighted by Gasteiger charge is 2.20. The summed E-state index contributed by atoms with van der Waals surface area (Å²) in [7, 11) is 3.76. The molecular weight excluding hydrogens is 266 g/mol. The highest BCUT2D eigenvalue weighted by atomic mass is 32.1. The standard InChI is InChI=1S/C17H23NOS/c1-6-13-8-10-15(20-13)16(18-4)14-9-7-11(2)12(3)17(14)19-5/h7-10,16,18H,6H2,1-5H3. The molecular formula is C17H23NOS. The molecule has 0 aliphatic rings. The number of aryl methyl sites for hydroxylation is 2. The van der Waals surface area contributed by atoms with E-state index in [2.05, 4.69) is 50.4 Å². The Morgan fingerprint density at radius 3 is 2.50 bits per heavy atom. The van der Waals surface area contributed by atoms with Crippen LogP contribution in [0.15, 0.2) is 24.3 Å². The maximum absolute atomic E-state index is 5.66. The second kappa shape index (κ2) is 6.42. The lowest BCUT2D eigenvalue weighted by molar-refractivity contribution is 0.402. The van der Waals surface area contributed by atoms with Crippen molar-refractivity contribution in [2.75, 3.05) is 14.2 Å². The molecule has 1 N–H and O–H groups in total. The Balaban J connectivity index is 2.49. The average Bonchev–Trinajstić information content (AvgIpc) is 2.92. The molecule has 2 aromatic rings. The van der Waals surface area contributed by atoms with E-state index in [1.54, 1.807) is 7.11 Å². The van der Waals surface area contributed by atoms with Crippen LogP contribution in [-0.4, -0.2) is 14.2 Å². The van der Waals surface area contributed by atoms with Crippen LogP contribution in [0, 0.1) is 13.8 Å². The zero-order valence-corrected chi connectivity index (χ0v) is 13.7. The Morgan fingerprint density at radius 2 is 1.95 bits per heavy atom. The van der Waals surface area contributed by atoms with Gasteiger partial charge in [0.05, 0.1) is 13.2 Å². The van der Waals surface area contributed by atoms with Gasteiger partial charge in [-0.3, -0.25) is 0 Å². The van der Waals surface area contributed by atoms with Gasteiger partial charge < -0.3 is 10.1 Å². The molecule has 20 heavy (non-hydrogen) atoms. The van der Waals surface area contributed by atoms with Crippen molar-refractivity contribution in [2.45, 2.75) is 33.2 Å². The van der Waals surface area contributed by atoms with Crippen molar-refractivity contribution in [1.82, 2.24) is 5.32 Å². The van der Waals surface area contributed by atoms with Gasteiger partial charge >= 0.3 is 0 Å². The van der Waals surface area contributed by atoms with Gasteiger partial charge in [-0.1, -0.05) is 19.1 Å². The number of hydrogen-bond donors (Lipinski definition) is 1. The lowest BCUT2D eigenvalue weighted by Gasteiger charge is -2.20. The summed E-state index contributed by atoms with van der Waals surface area (Å²) in [5.41, 5.74) is 3.70. The van der Waals surface area contributed by atoms with E-state index in [1.807, 2.05) is 18.4 Å². The van der Waals surface area contributed by atoms with E-state index in [0.29, 0.717) is 0 Å². The van der Waals surface area contributed by atoms with Gasteiger partial charge in [0.25, 0.3) is 0 Å². The van der Waals surface area contributed by atoms with Gasteiger partial charge in [0, 0.05) is 15.3 Å². The van der Waals surface area contributed by atoms with Crippen molar-refractivity contribution in [3.05, 3.63) is 50.7 Å². The molecule has 3 heteroatoms. The second-order valence-corrected chi connectivity index (χ2v) is 6.21. The Labute approximate surface area is 125 Å². The summed E-state index contributed by atoms with van der Waals surface area (Å²) in [4.78, 5) is 2.76. The van der Waals surface area contributed by atoms with Gasteiger partial charge in [0.2, 0.25) is 0 Å². The SMILES string of the molecule is CCc1ccc(C(NC)c2ccc(C)c(C)c2OC)s1. The predicted molar refractivity (Wildman–Crippen MR) is 87.1 cm³/mol. The fourth-order valence-electron chi connectivity index (χ4n) is 2.50. The Hall–Kier alpha value is -1.32. The number of thiophene rings is 1. The molecule has 0 amide bonds. The first-order valence-corrected chi connectivity index (χ1v) is 7.84. The summed E-state index contributed by atoms with van der Waals surface area (Å²) in [5, 5.41) is 3.42. The van der Waals surface area contributed by atoms with Crippen molar-refractivity contribution >= 4 is 11.3 Å². The molecule has 0 aliphatic carbocycles. The molecule has 108 valence electrons. The Bertz CT molecular complexity index is 589. The fraction of sp³-hybridized carbons (Fsp3) is 0.412. The van der Waals surface area contributed by atoms with E-state index in [4.69, 9.17) is 4.74 Å². The van der Waals surface area contributed by atoms with Crippen molar-refractivity contribution < 1.29 is 4.74 Å². The zero-order valence-electron chi connectivity index (χ0n) is 12.9. The number of benzene rings is 1. The maximum Gasteiger partial charge on any atom is 0.127 e. The first kappa shape index (κ1) is 15.1. The van der Waals surface area contributed by atoms with Crippen LogP contribution in [0.25, 0.3) is 0 Å². The predicted octanol–water partition coefficient (Wildman–Crippen LogP) is 4.24. The van der Waals surface area contributed by atoms with Gasteiger partial charge in [-0.25, -0.2) is 0 Å². The van der Waals surface area contributed by atoms with Crippen molar-refractivity contribution in [3.8, 4) is 5.75 Å². The molecule has 1 aromatic carbocycles. The van der Waals surface area contributed by atoms with E-state index in [0.717, 1.165) is 12.2 Å². The van der Waals surface area contributed by atoms with E-state index in [-0.39, 0.29) is 6.04 Å². The van der Waals surface area contributed by atoms with E-state index in [9.17, 15) is 0 Å². The van der Waals surface area contributed by atoms with Crippen molar-refractivity contribution in [2.24, 2.45) is 0 Å². The summed E-state index contributed by atoms with van der Waals surface area (Å²) in [5.74, 6) is 0.996. The quantitative estimate of drug-likeness (QED) is 0.888. The summed E-state index contributed by atoms with van der Waals surface area (Å²) in [6.45, 7) is 6.44. The third-order valence-corrected chi connectivity index (χ3v) is 5.12. The van der Waals surface area contributed by atoms with Gasteiger partial charge in [0.15, 0.2) is 0 Å². The average molecular weight is 289 g/mol. The van der Waals surface area contributed by atoms with Crippen LogP contribution in [0.4, 0.5) is 0 Å². The van der Waals surface area contributed by atoms with Gasteiger partial charge in [0.1, 0.15) is 5.75 Å². The third-order valence-electron chi connectivity index (χ3n) is 3.83. The minimum Gasteiger partial charge on any atom is -0.496 e. The van der Waals surface area contributed by atoms with Crippen LogP contribution >= 0.6 is 11.3 Å². The number of ether oxygens (including phenoxy) is 1. The molecule has 0 radical (unpaired) electrons. The van der Waals surface area contributed by atoms with Gasteiger partial charge in [-0.2, -0.15) is 0 Å². The molecule has 2 nitrogen and oxygen atoms in total. The minimum atomic E-state index is 0.189. The van der Waals surface area contributed by atoms with Crippen LogP contribution < -0.4 is 10.1 Å². The molecule has 0 aliphatic heterocycles. The Morgan fingerprint density at radius 1 is 1.20 bits per heavy atom. The molecule has 0 bridgehead atoms. The molecule has 0 spiro atoms. The first-order chi connectivity index (χ1) is 9.62. The number of hydrogen-bond acceptors (Lipinski definition) is 3. The topological polar surface area (TPSA) is 21.3 Å². The van der Waals surface area contributed by atoms with Crippen molar-refractivity contribution in [3.63, 3.8) is 0 Å². The molecule has 0 saturated carbocycles. The minimum absolute atomic E-state index is 0.189. The van der Waals surface area contributed by atoms with Gasteiger partial charge in [-0.05, 0) is 50.6 Å². The largest absolute Gasteiger partial charge is 0.496 e. The highest BCUT2D eigenvalue weighted by Crippen LogP contribution is 2.36. The van der Waals surface area contributed by atoms with Crippen molar-refractivity contribution in [1.29, 1.82) is 0 Å². The molecule has 1 aromatic heterocycles. The van der Waals surface area contributed by atoms with E-state index >= 15 is 0 Å². The van der Waals surface area contributed by atoms with E-state index in [1.165, 1.54) is 26.4 Å². The molecule has 0 saturated heterocycles. The number of rotatable bonds is 5. The summed E-state index contributed by atoms with van der Waals surface area (Å²) in [6.07, 6.45) is 1.09. The van der Waals surface area contributed by atoms with Gasteiger partial charge in [-0.15, -0.1) is 11.3 Å². The number of methoxy groups -OCH3 is 1. The first-order valence-electron chi connectivity index (χ1n) is 7.02. The Kier molecular flexibility index (Phi) is 4.84. The summed E-state index contributed by atoms with van der Waals surface area (Å²) >= 11 is 1.87. The smallest absolute Gasteiger partial charge is 0.127 e. The van der Waals surface area contributed by atoms with Crippen LogP contribution in [0.1, 0.15) is 39.4 Å². The van der Waals surface area contributed by atoms with Crippen LogP contribution in [-0.2, 0) is 6.42 Å². The normalized spacial score (nSPS) is 12.4. The summed E-state index contributed by atoms with van der Waals surface area (Å²) in [6, 6.07) is 8.98. The van der Waals surface area contributed by atoms with Crippen LogP contribution in [0.2, 0.25) is 0 Å². The lowest BCUT2D eigenvalue weighted by atomic mass is 9.98. The second-order valence-electron chi connectivity index (χ2n) is 5.01. The molecule has 1 heterocycles.